The topological polar surface area (TPSA) is 34.2 Å². The first-order valence-electron chi connectivity index (χ1n) is 7.71. The first kappa shape index (κ1) is 15.6. The number of pyridine rings is 1. The first-order valence-corrected chi connectivity index (χ1v) is 8.09. The van der Waals surface area contributed by atoms with Crippen molar-refractivity contribution in [1.82, 2.24) is 10.3 Å². The summed E-state index contributed by atoms with van der Waals surface area (Å²) in [5.41, 5.74) is 0.876. The molecule has 20 heavy (non-hydrogen) atoms. The number of aromatic nitrogens is 1. The molecule has 1 heterocycles. The van der Waals surface area contributed by atoms with E-state index in [0.29, 0.717) is 23.6 Å². The van der Waals surface area contributed by atoms with Crippen molar-refractivity contribution in [2.75, 3.05) is 6.54 Å². The van der Waals surface area contributed by atoms with Crippen LogP contribution in [0, 0.1) is 5.92 Å². The Balaban J connectivity index is 1.95. The second-order valence-corrected chi connectivity index (χ2v) is 6.17. The van der Waals surface area contributed by atoms with Gasteiger partial charge in [-0.15, -0.1) is 0 Å². The van der Waals surface area contributed by atoms with Crippen LogP contribution in [0.15, 0.2) is 12.1 Å². The fourth-order valence-electron chi connectivity index (χ4n) is 2.69. The van der Waals surface area contributed by atoms with Crippen LogP contribution in [0.5, 0.6) is 5.88 Å². The van der Waals surface area contributed by atoms with Crippen LogP contribution in [0.25, 0.3) is 0 Å². The molecule has 2 atom stereocenters. The number of ether oxygens (including phenoxy) is 1. The monoisotopic (exact) mass is 296 g/mol. The molecule has 4 heteroatoms. The van der Waals surface area contributed by atoms with Gasteiger partial charge in [0.2, 0.25) is 5.88 Å². The van der Waals surface area contributed by atoms with E-state index in [9.17, 15) is 0 Å². The molecule has 0 saturated heterocycles. The summed E-state index contributed by atoms with van der Waals surface area (Å²) in [6.07, 6.45) is 6.26. The quantitative estimate of drug-likeness (QED) is 0.799. The van der Waals surface area contributed by atoms with E-state index >= 15 is 0 Å². The molecule has 0 aromatic carbocycles. The van der Waals surface area contributed by atoms with Gasteiger partial charge in [-0.2, -0.15) is 0 Å². The van der Waals surface area contributed by atoms with Crippen molar-refractivity contribution >= 4 is 11.6 Å². The van der Waals surface area contributed by atoms with Crippen LogP contribution in [-0.4, -0.2) is 17.6 Å². The zero-order chi connectivity index (χ0) is 14.4. The van der Waals surface area contributed by atoms with Crippen LogP contribution in [0.3, 0.4) is 0 Å². The summed E-state index contributed by atoms with van der Waals surface area (Å²) in [5, 5.41) is 4.03. The summed E-state index contributed by atoms with van der Waals surface area (Å²) >= 11 is 6.18. The standard InChI is InChI=1S/C16H25ClN2O/c1-3-9-18-11-15-14(17)7-8-16(19-15)20-13-6-4-5-12(2)10-13/h7-8,12-13,18H,3-6,9-11H2,1-2H3. The van der Waals surface area contributed by atoms with E-state index in [-0.39, 0.29) is 0 Å². The Kier molecular flexibility index (Phi) is 6.11. The Morgan fingerprint density at radius 1 is 1.40 bits per heavy atom. The molecule has 0 bridgehead atoms. The molecule has 3 nitrogen and oxygen atoms in total. The summed E-state index contributed by atoms with van der Waals surface area (Å²) in [6, 6.07) is 3.77. The number of nitrogens with one attached hydrogen (secondary N) is 1. The minimum atomic E-state index is 0.309. The predicted octanol–water partition coefficient (Wildman–Crippen LogP) is 4.19. The van der Waals surface area contributed by atoms with Gasteiger partial charge in [0.15, 0.2) is 0 Å². The summed E-state index contributed by atoms with van der Waals surface area (Å²) in [5.74, 6) is 1.47. The molecule has 112 valence electrons. The molecule has 2 rings (SSSR count). The average molecular weight is 297 g/mol. The van der Waals surface area contributed by atoms with E-state index in [1.165, 1.54) is 12.8 Å². The molecule has 1 aliphatic carbocycles. The average Bonchev–Trinajstić information content (AvgIpc) is 2.42. The van der Waals surface area contributed by atoms with Gasteiger partial charge in [0, 0.05) is 12.6 Å². The number of halogens is 1. The molecule has 0 radical (unpaired) electrons. The lowest BCUT2D eigenvalue weighted by Gasteiger charge is -2.27. The Hall–Kier alpha value is -0.800. The normalized spacial score (nSPS) is 22.8. The van der Waals surface area contributed by atoms with Crippen molar-refractivity contribution in [3.63, 3.8) is 0 Å². The van der Waals surface area contributed by atoms with Crippen molar-refractivity contribution in [2.45, 2.75) is 58.6 Å². The minimum Gasteiger partial charge on any atom is -0.474 e. The van der Waals surface area contributed by atoms with Crippen molar-refractivity contribution in [3.8, 4) is 5.88 Å². The molecule has 0 amide bonds. The number of hydrogen-bond donors (Lipinski definition) is 1. The van der Waals surface area contributed by atoms with Gasteiger partial charge in [0.1, 0.15) is 6.10 Å². The van der Waals surface area contributed by atoms with Crippen molar-refractivity contribution in [2.24, 2.45) is 5.92 Å². The zero-order valence-electron chi connectivity index (χ0n) is 12.5. The minimum absolute atomic E-state index is 0.309. The summed E-state index contributed by atoms with van der Waals surface area (Å²) in [6.45, 7) is 6.12. The largest absolute Gasteiger partial charge is 0.474 e. The van der Waals surface area contributed by atoms with Crippen LogP contribution >= 0.6 is 11.6 Å². The third-order valence-electron chi connectivity index (χ3n) is 3.79. The lowest BCUT2D eigenvalue weighted by molar-refractivity contribution is 0.123. The summed E-state index contributed by atoms with van der Waals surface area (Å²) < 4.78 is 6.03. The second kappa shape index (κ2) is 7.84. The summed E-state index contributed by atoms with van der Waals surface area (Å²) in [7, 11) is 0. The molecule has 1 fully saturated rings. The fourth-order valence-corrected chi connectivity index (χ4v) is 2.87. The van der Waals surface area contributed by atoms with Gasteiger partial charge in [-0.1, -0.05) is 31.9 Å². The maximum atomic E-state index is 6.18. The Labute approximate surface area is 127 Å². The van der Waals surface area contributed by atoms with Crippen LogP contribution in [0.1, 0.15) is 51.6 Å². The van der Waals surface area contributed by atoms with Crippen molar-refractivity contribution < 1.29 is 4.74 Å². The molecule has 2 unspecified atom stereocenters. The fraction of sp³-hybridized carbons (Fsp3) is 0.688. The highest BCUT2D eigenvalue weighted by Crippen LogP contribution is 2.27. The Morgan fingerprint density at radius 2 is 2.25 bits per heavy atom. The number of nitrogens with zero attached hydrogens (tertiary/aromatic N) is 1. The molecule has 1 aliphatic rings. The highest BCUT2D eigenvalue weighted by molar-refractivity contribution is 6.31. The smallest absolute Gasteiger partial charge is 0.213 e. The lowest BCUT2D eigenvalue weighted by Crippen LogP contribution is -2.24. The molecule has 0 aliphatic heterocycles. The van der Waals surface area contributed by atoms with Gasteiger partial charge >= 0.3 is 0 Å². The van der Waals surface area contributed by atoms with Gasteiger partial charge in [-0.3, -0.25) is 0 Å². The Morgan fingerprint density at radius 3 is 3.00 bits per heavy atom. The highest BCUT2D eigenvalue weighted by Gasteiger charge is 2.20. The van der Waals surface area contributed by atoms with E-state index in [4.69, 9.17) is 16.3 Å². The van der Waals surface area contributed by atoms with Crippen LogP contribution in [0.4, 0.5) is 0 Å². The third kappa shape index (κ3) is 4.64. The van der Waals surface area contributed by atoms with Gasteiger partial charge in [-0.05, 0) is 44.2 Å². The Bertz CT molecular complexity index is 425. The third-order valence-corrected chi connectivity index (χ3v) is 4.13. The maximum Gasteiger partial charge on any atom is 0.213 e. The van der Waals surface area contributed by atoms with Crippen molar-refractivity contribution in [3.05, 3.63) is 22.8 Å². The number of hydrogen-bond acceptors (Lipinski definition) is 3. The predicted molar refractivity (Wildman–Crippen MR) is 83.3 cm³/mol. The van der Waals surface area contributed by atoms with Gasteiger partial charge < -0.3 is 10.1 Å². The molecular formula is C16H25ClN2O. The van der Waals surface area contributed by atoms with Crippen LogP contribution in [-0.2, 0) is 6.54 Å². The highest BCUT2D eigenvalue weighted by atomic mass is 35.5. The van der Waals surface area contributed by atoms with E-state index < -0.39 is 0 Å². The molecular weight excluding hydrogens is 272 g/mol. The lowest BCUT2D eigenvalue weighted by atomic mass is 9.89. The summed E-state index contributed by atoms with van der Waals surface area (Å²) in [4.78, 5) is 4.55. The second-order valence-electron chi connectivity index (χ2n) is 5.77. The zero-order valence-corrected chi connectivity index (χ0v) is 13.2. The molecule has 1 saturated carbocycles. The van der Waals surface area contributed by atoms with Gasteiger partial charge in [0.25, 0.3) is 0 Å². The molecule has 0 spiro atoms. The molecule has 1 N–H and O–H groups in total. The van der Waals surface area contributed by atoms with Gasteiger partial charge in [0.05, 0.1) is 10.7 Å². The van der Waals surface area contributed by atoms with Crippen LogP contribution in [0.2, 0.25) is 5.02 Å². The molecule has 1 aromatic heterocycles. The maximum absolute atomic E-state index is 6.18. The SMILES string of the molecule is CCCNCc1nc(OC2CCCC(C)C2)ccc1Cl. The van der Waals surface area contributed by atoms with Crippen molar-refractivity contribution in [1.29, 1.82) is 0 Å². The number of rotatable bonds is 6. The first-order chi connectivity index (χ1) is 9.69. The van der Waals surface area contributed by atoms with E-state index in [1.54, 1.807) is 0 Å². The van der Waals surface area contributed by atoms with E-state index in [2.05, 4.69) is 24.1 Å². The van der Waals surface area contributed by atoms with E-state index in [1.807, 2.05) is 12.1 Å². The molecule has 1 aromatic rings. The van der Waals surface area contributed by atoms with Gasteiger partial charge in [-0.25, -0.2) is 4.98 Å². The van der Waals surface area contributed by atoms with E-state index in [0.717, 1.165) is 37.4 Å². The van der Waals surface area contributed by atoms with Crippen LogP contribution < -0.4 is 10.1 Å².